The molecule has 0 saturated carbocycles. The van der Waals surface area contributed by atoms with Gasteiger partial charge in [0.15, 0.2) is 0 Å². The van der Waals surface area contributed by atoms with E-state index in [0.29, 0.717) is 46.0 Å². The number of benzene rings is 2. The van der Waals surface area contributed by atoms with Crippen molar-refractivity contribution in [2.45, 2.75) is 38.6 Å². The summed E-state index contributed by atoms with van der Waals surface area (Å²) in [6.45, 7) is 11.1. The molecular formula is C34H46N10O3S. The number of methoxy groups -OCH3 is 1. The number of piperazine rings is 1. The maximum absolute atomic E-state index is 12.6. The van der Waals surface area contributed by atoms with Crippen LogP contribution in [0.15, 0.2) is 48.9 Å². The van der Waals surface area contributed by atoms with Crippen molar-refractivity contribution in [2.24, 2.45) is 0 Å². The fourth-order valence-corrected chi connectivity index (χ4v) is 7.12. The second kappa shape index (κ2) is 14.1. The zero-order valence-electron chi connectivity index (χ0n) is 28.6. The first-order valence-electron chi connectivity index (χ1n) is 16.5. The number of nitrogens with one attached hydrogen (secondary N) is 2. The van der Waals surface area contributed by atoms with Gasteiger partial charge in [-0.2, -0.15) is 4.98 Å². The highest BCUT2D eigenvalue weighted by atomic mass is 32.2. The Bertz CT molecular complexity index is 1860. The van der Waals surface area contributed by atoms with Gasteiger partial charge >= 0.3 is 0 Å². The summed E-state index contributed by atoms with van der Waals surface area (Å²) in [6, 6.07) is 10.2. The number of fused-ring (bicyclic) bond motifs is 1. The van der Waals surface area contributed by atoms with Gasteiger partial charge in [-0.1, -0.05) is 13.8 Å². The van der Waals surface area contributed by atoms with E-state index in [0.717, 1.165) is 64.1 Å². The minimum absolute atomic E-state index is 0.289. The molecule has 2 N–H and O–H groups in total. The van der Waals surface area contributed by atoms with E-state index in [-0.39, 0.29) is 5.92 Å². The molecule has 6 rings (SSSR count). The summed E-state index contributed by atoms with van der Waals surface area (Å²) in [6.07, 6.45) is 8.22. The third-order valence-electron chi connectivity index (χ3n) is 9.42. The molecule has 4 aromatic rings. The number of hydrogen-bond acceptors (Lipinski definition) is 12. The fourth-order valence-electron chi connectivity index (χ4n) is 6.60. The van der Waals surface area contributed by atoms with Gasteiger partial charge in [-0.25, -0.2) is 13.4 Å². The Kier molecular flexibility index (Phi) is 9.85. The largest absolute Gasteiger partial charge is 0.494 e. The Hall–Kier alpha value is -4.27. The topological polar surface area (TPSA) is 132 Å². The molecule has 0 unspecified atom stereocenters. The molecule has 0 atom stereocenters. The normalized spacial score (nSPS) is 16.8. The molecule has 0 bridgehead atoms. The summed E-state index contributed by atoms with van der Waals surface area (Å²) in [5.74, 6) is 1.84. The Morgan fingerprint density at radius 1 is 0.917 bits per heavy atom. The van der Waals surface area contributed by atoms with E-state index in [1.165, 1.54) is 22.6 Å². The molecule has 14 heteroatoms. The number of nitrogens with zero attached hydrogens (tertiary/aromatic N) is 8. The van der Waals surface area contributed by atoms with Crippen LogP contribution in [0.4, 0.5) is 34.5 Å². The van der Waals surface area contributed by atoms with Crippen molar-refractivity contribution in [1.82, 2.24) is 29.7 Å². The van der Waals surface area contributed by atoms with Crippen LogP contribution in [0.3, 0.4) is 0 Å². The van der Waals surface area contributed by atoms with Crippen LogP contribution in [-0.2, 0) is 10.0 Å². The van der Waals surface area contributed by atoms with Gasteiger partial charge < -0.3 is 25.2 Å². The van der Waals surface area contributed by atoms with Gasteiger partial charge in [0.25, 0.3) is 0 Å². The number of likely N-dealkylation sites (N-methyl/N-ethyl adjacent to an activating group) is 1. The number of sulfonamides is 1. The van der Waals surface area contributed by atoms with Crippen molar-refractivity contribution in [3.63, 3.8) is 0 Å². The Morgan fingerprint density at radius 3 is 2.33 bits per heavy atom. The van der Waals surface area contributed by atoms with Crippen LogP contribution in [-0.4, -0.2) is 111 Å². The lowest BCUT2D eigenvalue weighted by Crippen LogP contribution is -2.52. The first-order chi connectivity index (χ1) is 23.0. The molecule has 256 valence electrons. The second-order valence-corrected chi connectivity index (χ2v) is 15.0. The number of piperidine rings is 1. The predicted octanol–water partition coefficient (Wildman–Crippen LogP) is 4.65. The predicted molar refractivity (Wildman–Crippen MR) is 193 cm³/mol. The van der Waals surface area contributed by atoms with E-state index >= 15 is 0 Å². The quantitative estimate of drug-likeness (QED) is 0.243. The van der Waals surface area contributed by atoms with Crippen LogP contribution in [0, 0.1) is 0 Å². The van der Waals surface area contributed by atoms with Crippen LogP contribution in [0.2, 0.25) is 0 Å². The van der Waals surface area contributed by atoms with Crippen molar-refractivity contribution in [3.8, 4) is 5.75 Å². The lowest BCUT2D eigenvalue weighted by Gasteiger charge is -2.43. The molecule has 48 heavy (non-hydrogen) atoms. The molecule has 4 heterocycles. The van der Waals surface area contributed by atoms with E-state index in [1.807, 2.05) is 0 Å². The van der Waals surface area contributed by atoms with Crippen molar-refractivity contribution in [1.29, 1.82) is 0 Å². The van der Waals surface area contributed by atoms with Gasteiger partial charge in [0.05, 0.1) is 30.3 Å². The number of hydrogen-bond donors (Lipinski definition) is 2. The van der Waals surface area contributed by atoms with Gasteiger partial charge in [-0.05, 0) is 55.6 Å². The molecule has 0 spiro atoms. The zero-order valence-corrected chi connectivity index (χ0v) is 29.5. The van der Waals surface area contributed by atoms with Gasteiger partial charge in [0, 0.05) is 82.7 Å². The number of anilines is 6. The van der Waals surface area contributed by atoms with E-state index in [2.05, 4.69) is 73.3 Å². The number of aromatic nitrogens is 4. The first-order valence-corrected chi connectivity index (χ1v) is 18.3. The van der Waals surface area contributed by atoms with Crippen LogP contribution in [0.25, 0.3) is 11.0 Å². The summed E-state index contributed by atoms with van der Waals surface area (Å²) in [4.78, 5) is 25.6. The molecule has 2 aromatic heterocycles. The molecule has 13 nitrogen and oxygen atoms in total. The average molecular weight is 675 g/mol. The lowest BCUT2D eigenvalue weighted by molar-refractivity contribution is 0.0982. The fraction of sp³-hybridized carbons (Fsp3) is 0.471. The van der Waals surface area contributed by atoms with Gasteiger partial charge in [-0.3, -0.25) is 19.2 Å². The van der Waals surface area contributed by atoms with Crippen molar-refractivity contribution in [3.05, 3.63) is 54.5 Å². The number of rotatable bonds is 10. The van der Waals surface area contributed by atoms with Gasteiger partial charge in [0.1, 0.15) is 22.8 Å². The van der Waals surface area contributed by atoms with Crippen molar-refractivity contribution >= 4 is 55.6 Å². The molecule has 0 aliphatic carbocycles. The smallest absolute Gasteiger partial charge is 0.232 e. The van der Waals surface area contributed by atoms with Gasteiger partial charge in [-0.15, -0.1) is 0 Å². The highest BCUT2D eigenvalue weighted by molar-refractivity contribution is 7.92. The van der Waals surface area contributed by atoms with Crippen LogP contribution in [0.5, 0.6) is 5.75 Å². The molecule has 2 fully saturated rings. The summed E-state index contributed by atoms with van der Waals surface area (Å²) >= 11 is 0. The Balaban J connectivity index is 1.23. The highest BCUT2D eigenvalue weighted by Crippen LogP contribution is 2.40. The first kappa shape index (κ1) is 33.6. The summed E-state index contributed by atoms with van der Waals surface area (Å²) in [5, 5.41) is 6.65. The third kappa shape index (κ3) is 7.25. The van der Waals surface area contributed by atoms with Crippen molar-refractivity contribution in [2.75, 3.05) is 86.6 Å². The van der Waals surface area contributed by atoms with E-state index in [1.54, 1.807) is 43.9 Å². The molecule has 2 saturated heterocycles. The standard InChI is InChI=1S/C34H46N10O3S/c1-23(2)25-21-28(30(47-5)22-29(25)44-15-10-24(11-16-44)43-19-17-41(3)18-20-43)39-34-37-12-9-31(40-34)38-27-8-7-26-32(36-14-13-35-26)33(27)42(4)48(6,45)46/h7-9,12-14,21-24H,10-11,15-20H2,1-6H3,(H2,37,38,39,40). The maximum Gasteiger partial charge on any atom is 0.232 e. The molecule has 2 aromatic carbocycles. The summed E-state index contributed by atoms with van der Waals surface area (Å²) < 4.78 is 32.3. The monoisotopic (exact) mass is 674 g/mol. The zero-order chi connectivity index (χ0) is 34.0. The van der Waals surface area contributed by atoms with Gasteiger partial charge in [0.2, 0.25) is 16.0 Å². The minimum Gasteiger partial charge on any atom is -0.494 e. The molecule has 2 aliphatic heterocycles. The Labute approximate surface area is 283 Å². The summed E-state index contributed by atoms with van der Waals surface area (Å²) in [7, 11) is 1.79. The Morgan fingerprint density at radius 2 is 1.65 bits per heavy atom. The van der Waals surface area contributed by atoms with Crippen molar-refractivity contribution < 1.29 is 13.2 Å². The number of ether oxygens (including phenoxy) is 1. The molecule has 0 radical (unpaired) electrons. The third-order valence-corrected chi connectivity index (χ3v) is 10.6. The van der Waals surface area contributed by atoms with Crippen LogP contribution >= 0.6 is 0 Å². The molecule has 2 aliphatic rings. The summed E-state index contributed by atoms with van der Waals surface area (Å²) in [5.41, 5.74) is 5.14. The molecule has 0 amide bonds. The van der Waals surface area contributed by atoms with E-state index in [4.69, 9.17) is 9.72 Å². The van der Waals surface area contributed by atoms with Crippen LogP contribution in [0.1, 0.15) is 38.2 Å². The second-order valence-electron chi connectivity index (χ2n) is 13.0. The maximum atomic E-state index is 12.6. The van der Waals surface area contributed by atoms with E-state index < -0.39 is 10.0 Å². The molecular weight excluding hydrogens is 629 g/mol. The lowest BCUT2D eigenvalue weighted by atomic mass is 9.96. The highest BCUT2D eigenvalue weighted by Gasteiger charge is 2.29. The van der Waals surface area contributed by atoms with E-state index in [9.17, 15) is 8.42 Å². The van der Waals surface area contributed by atoms with Crippen LogP contribution < -0.4 is 24.6 Å². The average Bonchev–Trinajstić information content (AvgIpc) is 3.08. The SMILES string of the molecule is COc1cc(N2CCC(N3CCN(C)CC3)CC2)c(C(C)C)cc1Nc1nccc(Nc2ccc3nccnc3c2N(C)S(C)(=O)=O)n1. The minimum atomic E-state index is -3.59.